The van der Waals surface area contributed by atoms with Crippen LogP contribution in [0.5, 0.6) is 0 Å². The van der Waals surface area contributed by atoms with E-state index in [1.807, 2.05) is 13.8 Å². The van der Waals surface area contributed by atoms with E-state index in [9.17, 15) is 12.8 Å². The van der Waals surface area contributed by atoms with Gasteiger partial charge in [0.15, 0.2) is 5.96 Å². The summed E-state index contributed by atoms with van der Waals surface area (Å²) < 4.78 is 36.5. The van der Waals surface area contributed by atoms with E-state index in [0.29, 0.717) is 25.5 Å². The SMILES string of the molecule is CCNC(=NCc1cc(F)ccc1Br)NC(C)CCS(C)(=O)=O.I. The van der Waals surface area contributed by atoms with Gasteiger partial charge in [-0.15, -0.1) is 24.0 Å². The fraction of sp³-hybridized carbons (Fsp3) is 0.533. The minimum absolute atomic E-state index is 0. The number of hydrogen-bond acceptors (Lipinski definition) is 3. The number of hydrogen-bond donors (Lipinski definition) is 2. The number of rotatable bonds is 7. The van der Waals surface area contributed by atoms with Crippen LogP contribution in [0.2, 0.25) is 0 Å². The molecule has 0 aliphatic rings. The molecule has 0 saturated heterocycles. The van der Waals surface area contributed by atoms with Crippen molar-refractivity contribution >= 4 is 55.7 Å². The molecule has 0 heterocycles. The summed E-state index contributed by atoms with van der Waals surface area (Å²) in [4.78, 5) is 4.42. The maximum atomic E-state index is 13.3. The average molecular weight is 536 g/mol. The van der Waals surface area contributed by atoms with Crippen LogP contribution >= 0.6 is 39.9 Å². The van der Waals surface area contributed by atoms with Crippen molar-refractivity contribution in [1.29, 1.82) is 0 Å². The van der Waals surface area contributed by atoms with Crippen molar-refractivity contribution in [2.24, 2.45) is 4.99 Å². The molecule has 0 spiro atoms. The molecular weight excluding hydrogens is 512 g/mol. The van der Waals surface area contributed by atoms with E-state index in [1.54, 1.807) is 6.07 Å². The number of guanidine groups is 1. The molecular formula is C15H24BrFIN3O2S. The Morgan fingerprint density at radius 2 is 2.08 bits per heavy atom. The summed E-state index contributed by atoms with van der Waals surface area (Å²) >= 11 is 3.37. The Balaban J connectivity index is 0.00000529. The minimum Gasteiger partial charge on any atom is -0.357 e. The lowest BCUT2D eigenvalue weighted by Gasteiger charge is -2.17. The molecule has 0 aliphatic carbocycles. The summed E-state index contributed by atoms with van der Waals surface area (Å²) in [6, 6.07) is 4.42. The molecule has 2 N–H and O–H groups in total. The molecule has 0 fully saturated rings. The molecule has 0 aliphatic heterocycles. The lowest BCUT2D eigenvalue weighted by Crippen LogP contribution is -2.42. The Kier molecular flexibility index (Phi) is 11.0. The second kappa shape index (κ2) is 11.2. The van der Waals surface area contributed by atoms with Gasteiger partial charge < -0.3 is 10.6 Å². The fourth-order valence-electron chi connectivity index (χ4n) is 1.85. The first-order chi connectivity index (χ1) is 10.7. The van der Waals surface area contributed by atoms with E-state index in [-0.39, 0.29) is 41.6 Å². The van der Waals surface area contributed by atoms with E-state index in [0.717, 1.165) is 10.0 Å². The average Bonchev–Trinajstić information content (AvgIpc) is 2.45. The van der Waals surface area contributed by atoms with Crippen LogP contribution in [0.3, 0.4) is 0 Å². The topological polar surface area (TPSA) is 70.6 Å². The van der Waals surface area contributed by atoms with Gasteiger partial charge in [-0.2, -0.15) is 0 Å². The van der Waals surface area contributed by atoms with Gasteiger partial charge in [-0.05, 0) is 44.0 Å². The monoisotopic (exact) mass is 535 g/mol. The van der Waals surface area contributed by atoms with Crippen LogP contribution in [0.1, 0.15) is 25.8 Å². The second-order valence-corrected chi connectivity index (χ2v) is 8.51. The van der Waals surface area contributed by atoms with Gasteiger partial charge in [0.2, 0.25) is 0 Å². The summed E-state index contributed by atoms with van der Waals surface area (Å²) in [6.07, 6.45) is 1.72. The molecule has 5 nitrogen and oxygen atoms in total. The fourth-order valence-corrected chi connectivity index (χ4v) is 3.00. The van der Waals surface area contributed by atoms with Gasteiger partial charge in [0.1, 0.15) is 15.7 Å². The van der Waals surface area contributed by atoms with Crippen LogP contribution in [0.15, 0.2) is 27.7 Å². The predicted molar refractivity (Wildman–Crippen MR) is 111 cm³/mol. The normalized spacial score (nSPS) is 13.1. The first kappa shape index (κ1) is 23.6. The summed E-state index contributed by atoms with van der Waals surface area (Å²) in [5, 5.41) is 6.26. The van der Waals surface area contributed by atoms with Crippen LogP contribution in [0.25, 0.3) is 0 Å². The number of nitrogens with zero attached hydrogens (tertiary/aromatic N) is 1. The molecule has 138 valence electrons. The molecule has 9 heteroatoms. The van der Waals surface area contributed by atoms with Gasteiger partial charge in [0.25, 0.3) is 0 Å². The van der Waals surface area contributed by atoms with Crippen molar-refractivity contribution in [3.05, 3.63) is 34.1 Å². The molecule has 1 aromatic rings. The molecule has 1 rings (SSSR count). The van der Waals surface area contributed by atoms with Crippen LogP contribution in [-0.2, 0) is 16.4 Å². The third kappa shape index (κ3) is 9.77. The van der Waals surface area contributed by atoms with Crippen molar-refractivity contribution in [2.75, 3.05) is 18.6 Å². The van der Waals surface area contributed by atoms with Crippen molar-refractivity contribution in [1.82, 2.24) is 10.6 Å². The molecule has 0 saturated carbocycles. The number of sulfone groups is 1. The van der Waals surface area contributed by atoms with Gasteiger partial charge in [0, 0.05) is 23.3 Å². The van der Waals surface area contributed by atoms with E-state index in [2.05, 4.69) is 31.6 Å². The number of benzene rings is 1. The van der Waals surface area contributed by atoms with Gasteiger partial charge >= 0.3 is 0 Å². The van der Waals surface area contributed by atoms with Gasteiger partial charge in [0.05, 0.1) is 12.3 Å². The van der Waals surface area contributed by atoms with Crippen molar-refractivity contribution in [2.45, 2.75) is 32.9 Å². The van der Waals surface area contributed by atoms with E-state index < -0.39 is 9.84 Å². The minimum atomic E-state index is -2.98. The number of aliphatic imine (C=N–C) groups is 1. The van der Waals surface area contributed by atoms with Gasteiger partial charge in [-0.3, -0.25) is 0 Å². The lowest BCUT2D eigenvalue weighted by atomic mass is 10.2. The molecule has 0 bridgehead atoms. The number of nitrogens with one attached hydrogen (secondary N) is 2. The maximum absolute atomic E-state index is 13.3. The second-order valence-electron chi connectivity index (χ2n) is 5.39. The van der Waals surface area contributed by atoms with Crippen molar-refractivity contribution in [3.8, 4) is 0 Å². The summed E-state index contributed by atoms with van der Waals surface area (Å²) in [5.74, 6) is 0.387. The highest BCUT2D eigenvalue weighted by atomic mass is 127. The number of halogens is 3. The molecule has 0 radical (unpaired) electrons. The van der Waals surface area contributed by atoms with Crippen LogP contribution in [-0.4, -0.2) is 39.0 Å². The Morgan fingerprint density at radius 3 is 2.67 bits per heavy atom. The molecule has 1 unspecified atom stereocenters. The van der Waals surface area contributed by atoms with Crippen molar-refractivity contribution in [3.63, 3.8) is 0 Å². The molecule has 0 amide bonds. The summed E-state index contributed by atoms with van der Waals surface area (Å²) in [5.41, 5.74) is 0.742. The zero-order valence-electron chi connectivity index (χ0n) is 14.0. The van der Waals surface area contributed by atoms with E-state index in [4.69, 9.17) is 0 Å². The standard InChI is InChI=1S/C15H23BrFN3O2S.HI/c1-4-18-15(20-11(2)7-8-23(3,21)22)19-10-12-9-13(17)5-6-14(12)16;/h5-6,9,11H,4,7-8,10H2,1-3H3,(H2,18,19,20);1H. The van der Waals surface area contributed by atoms with Crippen LogP contribution in [0, 0.1) is 5.82 Å². The third-order valence-corrected chi connectivity index (χ3v) is 4.82. The Morgan fingerprint density at radius 1 is 1.42 bits per heavy atom. The zero-order chi connectivity index (χ0) is 17.5. The molecule has 0 aromatic heterocycles. The van der Waals surface area contributed by atoms with Gasteiger partial charge in [-0.25, -0.2) is 17.8 Å². The summed E-state index contributed by atoms with van der Waals surface area (Å²) in [6.45, 7) is 4.83. The quantitative estimate of drug-likeness (QED) is 0.320. The van der Waals surface area contributed by atoms with Crippen molar-refractivity contribution < 1.29 is 12.8 Å². The first-order valence-electron chi connectivity index (χ1n) is 7.37. The van der Waals surface area contributed by atoms with E-state index in [1.165, 1.54) is 18.4 Å². The highest BCUT2D eigenvalue weighted by Crippen LogP contribution is 2.18. The molecule has 1 aromatic carbocycles. The zero-order valence-corrected chi connectivity index (χ0v) is 18.7. The smallest absolute Gasteiger partial charge is 0.191 e. The highest BCUT2D eigenvalue weighted by Gasteiger charge is 2.10. The Hall–Kier alpha value is -0.420. The molecule has 24 heavy (non-hydrogen) atoms. The lowest BCUT2D eigenvalue weighted by molar-refractivity contribution is 0.581. The summed E-state index contributed by atoms with van der Waals surface area (Å²) in [7, 11) is -2.98. The van der Waals surface area contributed by atoms with Crippen LogP contribution < -0.4 is 10.6 Å². The largest absolute Gasteiger partial charge is 0.357 e. The molecule has 1 atom stereocenters. The maximum Gasteiger partial charge on any atom is 0.191 e. The third-order valence-electron chi connectivity index (χ3n) is 3.06. The highest BCUT2D eigenvalue weighted by molar-refractivity contribution is 14.0. The Labute approximate surface area is 169 Å². The van der Waals surface area contributed by atoms with Crippen LogP contribution in [0.4, 0.5) is 4.39 Å². The van der Waals surface area contributed by atoms with Gasteiger partial charge in [-0.1, -0.05) is 15.9 Å². The predicted octanol–water partition coefficient (Wildman–Crippen LogP) is 3.08. The van der Waals surface area contributed by atoms with E-state index >= 15 is 0 Å². The first-order valence-corrected chi connectivity index (χ1v) is 10.2. The Bertz CT molecular complexity index is 656.